The summed E-state index contributed by atoms with van der Waals surface area (Å²) in [6, 6.07) is 9.08. The molecule has 49 heavy (non-hydrogen) atoms. The Kier molecular flexibility index (Phi) is 12.3. The van der Waals surface area contributed by atoms with Crippen LogP contribution in [0.4, 0.5) is 52.7 Å². The van der Waals surface area contributed by atoms with Crippen LogP contribution >= 0.6 is 0 Å². The van der Waals surface area contributed by atoms with Crippen molar-refractivity contribution in [1.82, 2.24) is 9.80 Å². The summed E-state index contributed by atoms with van der Waals surface area (Å²) < 4.78 is 184. The molecular formula is C30H32F12N2O5. The first-order chi connectivity index (χ1) is 22.7. The van der Waals surface area contributed by atoms with Crippen LogP contribution in [0.15, 0.2) is 48.5 Å². The summed E-state index contributed by atoms with van der Waals surface area (Å²) in [5, 5.41) is 0. The normalized spacial score (nSPS) is 21.6. The molecule has 7 nitrogen and oxygen atoms in total. The molecule has 2 saturated heterocycles. The van der Waals surface area contributed by atoms with Gasteiger partial charge in [-0.1, -0.05) is 12.1 Å². The van der Waals surface area contributed by atoms with Crippen LogP contribution in [0.2, 0.25) is 0 Å². The number of hydrogen-bond donors (Lipinski definition) is 0. The Morgan fingerprint density at radius 2 is 0.939 bits per heavy atom. The summed E-state index contributed by atoms with van der Waals surface area (Å²) in [6.45, 7) is -2.12. The van der Waals surface area contributed by atoms with E-state index in [4.69, 9.17) is 14.2 Å². The van der Waals surface area contributed by atoms with Gasteiger partial charge in [-0.15, -0.1) is 26.3 Å². The van der Waals surface area contributed by atoms with Gasteiger partial charge in [-0.2, -0.15) is 26.3 Å². The molecule has 2 aliphatic heterocycles. The van der Waals surface area contributed by atoms with Gasteiger partial charge in [0.2, 0.25) is 0 Å². The fraction of sp³-hybridized carbons (Fsp3) is 0.600. The predicted octanol–water partition coefficient (Wildman–Crippen LogP) is 7.75. The zero-order chi connectivity index (χ0) is 36.0. The van der Waals surface area contributed by atoms with E-state index in [2.05, 4.69) is 9.47 Å². The van der Waals surface area contributed by atoms with E-state index in [9.17, 15) is 52.7 Å². The lowest BCUT2D eigenvalue weighted by molar-refractivity contribution is -0.291. The molecule has 2 aromatic rings. The lowest BCUT2D eigenvalue weighted by atomic mass is 10.1. The number of benzene rings is 2. The molecule has 0 spiro atoms. The van der Waals surface area contributed by atoms with Crippen LogP contribution in [0.1, 0.15) is 25.7 Å². The standard InChI is InChI=1S/C30H32F12N2O5/c31-27(32,33)25(17-43-11-3-9-23(15-43)45-19-5-1-7-21(13-19)48-29(37,38)39)47-26(28(34,35)36)18-44-12-4-10-24(16-44)46-20-6-2-8-22(14-20)49-30(40,41)42/h1-2,5-8,13-14,23-26H,3-4,9-12,15-18H2/t23?,24?,25-,26-/m0/s1. The quantitative estimate of drug-likeness (QED) is 0.207. The highest BCUT2D eigenvalue weighted by atomic mass is 19.4. The van der Waals surface area contributed by atoms with Gasteiger partial charge in [0.15, 0.2) is 12.2 Å². The number of likely N-dealkylation sites (tertiary alicyclic amines) is 2. The van der Waals surface area contributed by atoms with Crippen molar-refractivity contribution in [2.45, 2.75) is 75.2 Å². The second kappa shape index (κ2) is 15.7. The molecule has 0 radical (unpaired) electrons. The fourth-order valence-electron chi connectivity index (χ4n) is 5.54. The average molecular weight is 729 g/mol. The number of nitrogens with zero attached hydrogens (tertiary/aromatic N) is 2. The zero-order valence-corrected chi connectivity index (χ0v) is 25.5. The van der Waals surface area contributed by atoms with Crippen LogP contribution in [0.25, 0.3) is 0 Å². The maximum atomic E-state index is 14.1. The summed E-state index contributed by atoms with van der Waals surface area (Å²) in [7, 11) is 0. The molecule has 0 aliphatic carbocycles. The van der Waals surface area contributed by atoms with Crippen LogP contribution in [-0.2, 0) is 4.74 Å². The van der Waals surface area contributed by atoms with Gasteiger partial charge in [-0.05, 0) is 63.0 Å². The van der Waals surface area contributed by atoms with E-state index in [1.165, 1.54) is 34.1 Å². The molecule has 4 rings (SSSR count). The number of rotatable bonds is 12. The Labute approximate surface area is 272 Å². The second-order valence-corrected chi connectivity index (χ2v) is 11.5. The zero-order valence-electron chi connectivity index (χ0n) is 25.5. The molecule has 2 aromatic carbocycles. The van der Waals surface area contributed by atoms with Crippen molar-refractivity contribution in [2.24, 2.45) is 0 Å². The molecule has 0 bridgehead atoms. The minimum absolute atomic E-state index is 0.0412. The third kappa shape index (κ3) is 13.1. The molecule has 2 fully saturated rings. The largest absolute Gasteiger partial charge is 0.573 e. The Morgan fingerprint density at radius 3 is 1.29 bits per heavy atom. The van der Waals surface area contributed by atoms with Crippen molar-refractivity contribution in [3.8, 4) is 23.0 Å². The van der Waals surface area contributed by atoms with Gasteiger partial charge in [-0.25, -0.2) is 0 Å². The Hall–Kier alpha value is -3.32. The fourth-order valence-corrected chi connectivity index (χ4v) is 5.54. The molecule has 0 aromatic heterocycles. The monoisotopic (exact) mass is 728 g/mol. The molecule has 0 amide bonds. The summed E-state index contributed by atoms with van der Waals surface area (Å²) in [5.74, 6) is -1.23. The predicted molar refractivity (Wildman–Crippen MR) is 147 cm³/mol. The lowest BCUT2D eigenvalue weighted by Gasteiger charge is -2.38. The van der Waals surface area contributed by atoms with Gasteiger partial charge in [0.1, 0.15) is 35.2 Å². The van der Waals surface area contributed by atoms with E-state index < -0.39 is 74.1 Å². The van der Waals surface area contributed by atoms with E-state index in [1.807, 2.05) is 0 Å². The van der Waals surface area contributed by atoms with E-state index >= 15 is 0 Å². The highest BCUT2D eigenvalue weighted by molar-refractivity contribution is 5.34. The van der Waals surface area contributed by atoms with Crippen molar-refractivity contribution in [1.29, 1.82) is 0 Å². The molecule has 0 saturated carbocycles. The van der Waals surface area contributed by atoms with Crippen molar-refractivity contribution < 1.29 is 76.4 Å². The minimum atomic E-state index is -5.20. The molecule has 0 N–H and O–H groups in total. The Morgan fingerprint density at radius 1 is 0.571 bits per heavy atom. The minimum Gasteiger partial charge on any atom is -0.489 e. The van der Waals surface area contributed by atoms with Gasteiger partial charge in [-0.3, -0.25) is 9.80 Å². The van der Waals surface area contributed by atoms with Crippen molar-refractivity contribution >= 4 is 0 Å². The third-order valence-electron chi connectivity index (χ3n) is 7.51. The number of ether oxygens (including phenoxy) is 5. The molecule has 276 valence electrons. The van der Waals surface area contributed by atoms with Crippen LogP contribution in [0.5, 0.6) is 23.0 Å². The van der Waals surface area contributed by atoms with Crippen molar-refractivity contribution in [3.05, 3.63) is 48.5 Å². The number of halogens is 12. The molecule has 4 atom stereocenters. The van der Waals surface area contributed by atoms with Gasteiger partial charge < -0.3 is 23.7 Å². The van der Waals surface area contributed by atoms with E-state index in [1.54, 1.807) is 0 Å². The molecule has 2 unspecified atom stereocenters. The average Bonchev–Trinajstić information content (AvgIpc) is 2.94. The van der Waals surface area contributed by atoms with Gasteiger partial charge in [0.25, 0.3) is 0 Å². The number of alkyl halides is 12. The number of piperidine rings is 2. The molecular weight excluding hydrogens is 696 g/mol. The van der Waals surface area contributed by atoms with Gasteiger partial charge in [0.05, 0.1) is 0 Å². The highest BCUT2D eigenvalue weighted by Gasteiger charge is 2.50. The van der Waals surface area contributed by atoms with Crippen LogP contribution < -0.4 is 18.9 Å². The van der Waals surface area contributed by atoms with Crippen LogP contribution in [-0.4, -0.2) is 98.6 Å². The maximum Gasteiger partial charge on any atom is 0.573 e. The van der Waals surface area contributed by atoms with Gasteiger partial charge in [0, 0.05) is 38.3 Å². The SMILES string of the molecule is FC(F)(F)Oc1cccc(OC2CCCN(C[C@H](O[C@@H](CN3CCCC(Oc4cccc(OC(F)(F)F)c4)C3)C(F)(F)F)C(F)(F)F)C2)c1. The summed E-state index contributed by atoms with van der Waals surface area (Å²) in [5.41, 5.74) is 0. The number of hydrogen-bond acceptors (Lipinski definition) is 7. The lowest BCUT2D eigenvalue weighted by Crippen LogP contribution is -2.54. The van der Waals surface area contributed by atoms with Crippen LogP contribution in [0, 0.1) is 0 Å². The maximum absolute atomic E-state index is 14.1. The second-order valence-electron chi connectivity index (χ2n) is 11.5. The summed E-state index contributed by atoms with van der Waals surface area (Å²) >= 11 is 0. The topological polar surface area (TPSA) is 52.6 Å². The summed E-state index contributed by atoms with van der Waals surface area (Å²) in [4.78, 5) is 2.44. The first kappa shape index (κ1) is 38.5. The first-order valence-electron chi connectivity index (χ1n) is 15.0. The van der Waals surface area contributed by atoms with Gasteiger partial charge >= 0.3 is 25.1 Å². The smallest absolute Gasteiger partial charge is 0.489 e. The van der Waals surface area contributed by atoms with Crippen molar-refractivity contribution in [3.63, 3.8) is 0 Å². The van der Waals surface area contributed by atoms with E-state index in [-0.39, 0.29) is 50.5 Å². The first-order valence-corrected chi connectivity index (χ1v) is 15.0. The summed E-state index contributed by atoms with van der Waals surface area (Å²) in [6.07, 6.45) is -26.4. The molecule has 19 heteroatoms. The van der Waals surface area contributed by atoms with E-state index in [0.29, 0.717) is 12.8 Å². The van der Waals surface area contributed by atoms with Crippen molar-refractivity contribution in [2.75, 3.05) is 39.3 Å². The Bertz CT molecular complexity index is 1240. The van der Waals surface area contributed by atoms with E-state index in [0.717, 1.165) is 24.3 Å². The van der Waals surface area contributed by atoms with Crippen LogP contribution in [0.3, 0.4) is 0 Å². The molecule has 2 heterocycles. The highest BCUT2D eigenvalue weighted by Crippen LogP contribution is 2.34. The molecule has 2 aliphatic rings. The Balaban J connectivity index is 1.37. The third-order valence-corrected chi connectivity index (χ3v) is 7.51.